The van der Waals surface area contributed by atoms with Gasteiger partial charge in [0.2, 0.25) is 0 Å². The maximum absolute atomic E-state index is 14.4. The van der Waals surface area contributed by atoms with Gasteiger partial charge in [-0.3, -0.25) is 9.59 Å². The van der Waals surface area contributed by atoms with Crippen LogP contribution in [0.3, 0.4) is 0 Å². The van der Waals surface area contributed by atoms with Crippen molar-refractivity contribution in [1.29, 1.82) is 0 Å². The van der Waals surface area contributed by atoms with Crippen molar-refractivity contribution in [3.05, 3.63) is 46.5 Å². The number of halogens is 1. The van der Waals surface area contributed by atoms with E-state index in [-0.39, 0.29) is 18.1 Å². The number of carbonyl (C=O) groups is 2. The SMILES string of the molecule is Cc1ccc(-n2nc(C(=O)NC(C)(C)CCC(=O)O)c3c2CCC3)c(F)c1. The molecule has 0 aliphatic heterocycles. The highest BCUT2D eigenvalue weighted by molar-refractivity contribution is 5.94. The van der Waals surface area contributed by atoms with Crippen molar-refractivity contribution in [1.82, 2.24) is 15.1 Å². The fourth-order valence-electron chi connectivity index (χ4n) is 3.45. The zero-order chi connectivity index (χ0) is 19.8. The molecule has 2 aromatic rings. The van der Waals surface area contributed by atoms with Crippen molar-refractivity contribution in [2.45, 2.75) is 58.4 Å². The van der Waals surface area contributed by atoms with Crippen molar-refractivity contribution in [3.63, 3.8) is 0 Å². The summed E-state index contributed by atoms with van der Waals surface area (Å²) in [7, 11) is 0. The number of carboxylic acids is 1. The molecular formula is C20H24FN3O3. The van der Waals surface area contributed by atoms with E-state index in [9.17, 15) is 14.0 Å². The minimum Gasteiger partial charge on any atom is -0.481 e. The number of benzene rings is 1. The normalized spacial score (nSPS) is 13.5. The average molecular weight is 373 g/mol. The van der Waals surface area contributed by atoms with Crippen LogP contribution < -0.4 is 5.32 Å². The van der Waals surface area contributed by atoms with Gasteiger partial charge < -0.3 is 10.4 Å². The molecule has 1 aliphatic carbocycles. The van der Waals surface area contributed by atoms with Crippen molar-refractivity contribution in [3.8, 4) is 5.69 Å². The quantitative estimate of drug-likeness (QED) is 0.814. The first-order valence-electron chi connectivity index (χ1n) is 9.09. The van der Waals surface area contributed by atoms with E-state index in [2.05, 4.69) is 10.4 Å². The molecule has 1 aromatic heterocycles. The van der Waals surface area contributed by atoms with Gasteiger partial charge in [-0.25, -0.2) is 9.07 Å². The van der Waals surface area contributed by atoms with E-state index < -0.39 is 11.5 Å². The van der Waals surface area contributed by atoms with Gasteiger partial charge in [0.05, 0.1) is 0 Å². The molecule has 0 radical (unpaired) electrons. The number of carboxylic acid groups (broad SMARTS) is 1. The summed E-state index contributed by atoms with van der Waals surface area (Å²) in [6.07, 6.45) is 2.63. The second-order valence-electron chi connectivity index (χ2n) is 7.73. The van der Waals surface area contributed by atoms with E-state index in [4.69, 9.17) is 5.11 Å². The molecule has 144 valence electrons. The van der Waals surface area contributed by atoms with Crippen LogP contribution in [-0.2, 0) is 17.6 Å². The predicted octanol–water partition coefficient (Wildman–Crippen LogP) is 3.18. The molecule has 6 nitrogen and oxygen atoms in total. The Balaban J connectivity index is 1.91. The smallest absolute Gasteiger partial charge is 0.303 e. The summed E-state index contributed by atoms with van der Waals surface area (Å²) in [5.41, 5.74) is 2.49. The summed E-state index contributed by atoms with van der Waals surface area (Å²) >= 11 is 0. The van der Waals surface area contributed by atoms with Crippen LogP contribution >= 0.6 is 0 Å². The van der Waals surface area contributed by atoms with E-state index in [0.29, 0.717) is 17.8 Å². The van der Waals surface area contributed by atoms with Gasteiger partial charge in [-0.05, 0) is 64.2 Å². The molecule has 1 aliphatic rings. The van der Waals surface area contributed by atoms with E-state index in [1.807, 2.05) is 13.0 Å². The summed E-state index contributed by atoms with van der Waals surface area (Å²) in [6.45, 7) is 5.38. The van der Waals surface area contributed by atoms with Crippen LogP contribution in [0.1, 0.15) is 60.4 Å². The first-order chi connectivity index (χ1) is 12.7. The lowest BCUT2D eigenvalue weighted by Crippen LogP contribution is -2.44. The van der Waals surface area contributed by atoms with Gasteiger partial charge in [0.1, 0.15) is 11.5 Å². The van der Waals surface area contributed by atoms with Crippen LogP contribution in [0.15, 0.2) is 18.2 Å². The monoisotopic (exact) mass is 373 g/mol. The number of nitrogens with one attached hydrogen (secondary N) is 1. The lowest BCUT2D eigenvalue weighted by atomic mass is 9.98. The Hall–Kier alpha value is -2.70. The minimum absolute atomic E-state index is 0.0333. The highest BCUT2D eigenvalue weighted by Gasteiger charge is 2.30. The topological polar surface area (TPSA) is 84.2 Å². The molecule has 0 unspecified atom stereocenters. The number of aryl methyl sites for hydroxylation is 1. The molecular weight excluding hydrogens is 349 g/mol. The number of carbonyl (C=O) groups excluding carboxylic acids is 1. The number of aliphatic carboxylic acids is 1. The zero-order valence-corrected chi connectivity index (χ0v) is 15.8. The fraction of sp³-hybridized carbons (Fsp3) is 0.450. The Morgan fingerprint density at radius 2 is 2.07 bits per heavy atom. The molecule has 1 aromatic carbocycles. The Morgan fingerprint density at radius 3 is 2.74 bits per heavy atom. The van der Waals surface area contributed by atoms with Gasteiger partial charge in [-0.15, -0.1) is 0 Å². The van der Waals surface area contributed by atoms with Gasteiger partial charge in [0.15, 0.2) is 5.69 Å². The second kappa shape index (κ2) is 7.13. The molecule has 7 heteroatoms. The largest absolute Gasteiger partial charge is 0.481 e. The third-order valence-electron chi connectivity index (χ3n) is 4.89. The molecule has 3 rings (SSSR count). The molecule has 1 heterocycles. The highest BCUT2D eigenvalue weighted by Crippen LogP contribution is 2.29. The second-order valence-corrected chi connectivity index (χ2v) is 7.73. The van der Waals surface area contributed by atoms with Crippen LogP contribution in [0, 0.1) is 12.7 Å². The summed E-state index contributed by atoms with van der Waals surface area (Å²) in [6, 6.07) is 4.94. The Kier molecular flexibility index (Phi) is 5.04. The lowest BCUT2D eigenvalue weighted by molar-refractivity contribution is -0.137. The zero-order valence-electron chi connectivity index (χ0n) is 15.8. The molecule has 0 saturated heterocycles. The molecule has 1 amide bonds. The summed E-state index contributed by atoms with van der Waals surface area (Å²) in [5, 5.41) is 16.2. The number of amides is 1. The molecule has 0 saturated carbocycles. The molecule has 0 fully saturated rings. The minimum atomic E-state index is -0.905. The van der Waals surface area contributed by atoms with E-state index in [1.165, 1.54) is 10.7 Å². The Bertz CT molecular complexity index is 902. The number of hydrogen-bond acceptors (Lipinski definition) is 3. The standard InChI is InChI=1S/C20H24FN3O3/c1-12-7-8-16(14(21)11-12)24-15-6-4-5-13(15)18(23-24)19(27)22-20(2,3)10-9-17(25)26/h7-8,11H,4-6,9-10H2,1-3H3,(H,22,27)(H,25,26). The first kappa shape index (κ1) is 19.1. The molecule has 0 bridgehead atoms. The van der Waals surface area contributed by atoms with Gasteiger partial charge in [-0.2, -0.15) is 5.10 Å². The highest BCUT2D eigenvalue weighted by atomic mass is 19.1. The van der Waals surface area contributed by atoms with Crippen molar-refractivity contribution >= 4 is 11.9 Å². The molecule has 27 heavy (non-hydrogen) atoms. The number of nitrogens with zero attached hydrogens (tertiary/aromatic N) is 2. The number of fused-ring (bicyclic) bond motifs is 1. The summed E-state index contributed by atoms with van der Waals surface area (Å²) < 4.78 is 16.0. The van der Waals surface area contributed by atoms with Crippen LogP contribution in [0.2, 0.25) is 0 Å². The van der Waals surface area contributed by atoms with Crippen LogP contribution in [0.4, 0.5) is 4.39 Å². The van der Waals surface area contributed by atoms with E-state index in [0.717, 1.165) is 36.1 Å². The predicted molar refractivity (Wildman–Crippen MR) is 98.7 cm³/mol. The van der Waals surface area contributed by atoms with Crippen LogP contribution in [-0.4, -0.2) is 32.3 Å². The average Bonchev–Trinajstić information content (AvgIpc) is 3.15. The maximum Gasteiger partial charge on any atom is 0.303 e. The Labute approximate surface area is 157 Å². The van der Waals surface area contributed by atoms with Gasteiger partial charge in [0, 0.05) is 23.2 Å². The van der Waals surface area contributed by atoms with Crippen molar-refractivity contribution in [2.24, 2.45) is 0 Å². The lowest BCUT2D eigenvalue weighted by Gasteiger charge is -2.25. The van der Waals surface area contributed by atoms with Crippen LogP contribution in [0.25, 0.3) is 5.69 Å². The fourth-order valence-corrected chi connectivity index (χ4v) is 3.45. The van der Waals surface area contributed by atoms with Crippen molar-refractivity contribution in [2.75, 3.05) is 0 Å². The third-order valence-corrected chi connectivity index (χ3v) is 4.89. The van der Waals surface area contributed by atoms with Crippen molar-refractivity contribution < 1.29 is 19.1 Å². The van der Waals surface area contributed by atoms with E-state index in [1.54, 1.807) is 19.9 Å². The molecule has 0 spiro atoms. The summed E-state index contributed by atoms with van der Waals surface area (Å²) in [5.74, 6) is -1.63. The number of aromatic nitrogens is 2. The molecule has 0 atom stereocenters. The van der Waals surface area contributed by atoms with Crippen LogP contribution in [0.5, 0.6) is 0 Å². The van der Waals surface area contributed by atoms with Gasteiger partial charge in [-0.1, -0.05) is 6.07 Å². The molecule has 2 N–H and O–H groups in total. The van der Waals surface area contributed by atoms with E-state index >= 15 is 0 Å². The number of hydrogen-bond donors (Lipinski definition) is 2. The van der Waals surface area contributed by atoms with Gasteiger partial charge >= 0.3 is 5.97 Å². The third kappa shape index (κ3) is 4.02. The number of rotatable bonds is 6. The first-order valence-corrected chi connectivity index (χ1v) is 9.09. The van der Waals surface area contributed by atoms with Gasteiger partial charge in [0.25, 0.3) is 5.91 Å². The Morgan fingerprint density at radius 1 is 1.33 bits per heavy atom. The summed E-state index contributed by atoms with van der Waals surface area (Å²) in [4.78, 5) is 23.6. The maximum atomic E-state index is 14.4.